The smallest absolute Gasteiger partial charge is 0.320 e. The van der Waals surface area contributed by atoms with Crippen LogP contribution in [0.2, 0.25) is 0 Å². The molecule has 27 heavy (non-hydrogen) atoms. The van der Waals surface area contributed by atoms with Gasteiger partial charge in [0, 0.05) is 37.8 Å². The number of likely N-dealkylation sites (tertiary alicyclic amines) is 2. The third-order valence-electron chi connectivity index (χ3n) is 6.49. The first kappa shape index (κ1) is 16.5. The van der Waals surface area contributed by atoms with E-state index in [1.165, 1.54) is 18.4 Å². The van der Waals surface area contributed by atoms with Crippen LogP contribution in [0, 0.1) is 17.3 Å². The summed E-state index contributed by atoms with van der Waals surface area (Å²) in [7, 11) is 0. The number of pyridine rings is 1. The topological polar surface area (TPSA) is 96.8 Å². The standard InChI is InChI=1S/C19H24N6O2/c20-17(26)15-3-4-23(9-15)18(27)24-10-19(11-24)6-14(7-19)5-13-1-2-16-21-12-22-25(16)8-13/h1-2,8,12,14-15H,3-7,9-11H2,(H2,20,26)/t15-/m0/s1. The first-order valence-electron chi connectivity index (χ1n) is 9.63. The van der Waals surface area contributed by atoms with Gasteiger partial charge in [-0.2, -0.15) is 5.10 Å². The lowest BCUT2D eigenvalue weighted by atomic mass is 9.56. The molecule has 5 rings (SSSR count). The third kappa shape index (κ3) is 2.83. The Morgan fingerprint density at radius 1 is 1.22 bits per heavy atom. The first-order valence-corrected chi connectivity index (χ1v) is 9.63. The van der Waals surface area contributed by atoms with E-state index >= 15 is 0 Å². The second-order valence-corrected chi connectivity index (χ2v) is 8.55. The molecule has 1 spiro atoms. The number of aromatic nitrogens is 3. The number of carbonyl (C=O) groups excluding carboxylic acids is 2. The minimum Gasteiger partial charge on any atom is -0.369 e. The summed E-state index contributed by atoms with van der Waals surface area (Å²) in [6.45, 7) is 2.82. The highest BCUT2D eigenvalue weighted by atomic mass is 16.2. The van der Waals surface area contributed by atoms with Crippen LogP contribution in [0.3, 0.4) is 0 Å². The van der Waals surface area contributed by atoms with Gasteiger partial charge in [0.05, 0.1) is 5.92 Å². The molecule has 2 N–H and O–H groups in total. The molecule has 0 aromatic carbocycles. The fourth-order valence-electron chi connectivity index (χ4n) is 5.15. The van der Waals surface area contributed by atoms with E-state index in [9.17, 15) is 9.59 Å². The number of hydrogen-bond acceptors (Lipinski definition) is 4. The molecule has 2 aromatic heterocycles. The number of carbonyl (C=O) groups is 2. The summed E-state index contributed by atoms with van der Waals surface area (Å²) in [5, 5.41) is 4.20. The lowest BCUT2D eigenvalue weighted by Crippen LogP contribution is -2.65. The molecule has 3 aliphatic rings. The summed E-state index contributed by atoms with van der Waals surface area (Å²) in [5.74, 6) is 0.199. The molecule has 0 unspecified atom stereocenters. The molecule has 1 atom stereocenters. The van der Waals surface area contributed by atoms with Crippen molar-refractivity contribution < 1.29 is 9.59 Å². The van der Waals surface area contributed by atoms with Crippen molar-refractivity contribution in [2.75, 3.05) is 26.2 Å². The van der Waals surface area contributed by atoms with Crippen molar-refractivity contribution in [1.82, 2.24) is 24.4 Å². The quantitative estimate of drug-likeness (QED) is 0.871. The zero-order chi connectivity index (χ0) is 18.6. The number of amides is 3. The molecule has 1 saturated carbocycles. The molecule has 3 amide bonds. The SMILES string of the molecule is NC(=O)[C@H]1CCN(C(=O)N2CC3(CC(Cc4ccc5ncnn5c4)C3)C2)C1. The maximum Gasteiger partial charge on any atom is 0.320 e. The molecular formula is C19H24N6O2. The Bertz CT molecular complexity index is 894. The van der Waals surface area contributed by atoms with Gasteiger partial charge < -0.3 is 15.5 Å². The Labute approximate surface area is 157 Å². The van der Waals surface area contributed by atoms with E-state index in [0.29, 0.717) is 30.8 Å². The van der Waals surface area contributed by atoms with Gasteiger partial charge in [0.25, 0.3) is 0 Å². The zero-order valence-electron chi connectivity index (χ0n) is 15.3. The van der Waals surface area contributed by atoms with E-state index < -0.39 is 0 Å². The maximum atomic E-state index is 12.6. The zero-order valence-corrected chi connectivity index (χ0v) is 15.3. The largest absolute Gasteiger partial charge is 0.369 e. The monoisotopic (exact) mass is 368 g/mol. The minimum absolute atomic E-state index is 0.0736. The molecular weight excluding hydrogens is 344 g/mol. The van der Waals surface area contributed by atoms with Gasteiger partial charge >= 0.3 is 6.03 Å². The van der Waals surface area contributed by atoms with E-state index in [0.717, 1.165) is 25.2 Å². The molecule has 0 radical (unpaired) electrons. The van der Waals surface area contributed by atoms with Crippen molar-refractivity contribution >= 4 is 17.6 Å². The summed E-state index contributed by atoms with van der Waals surface area (Å²) in [6.07, 6.45) is 7.73. The van der Waals surface area contributed by atoms with E-state index in [1.54, 1.807) is 11.2 Å². The van der Waals surface area contributed by atoms with E-state index in [2.05, 4.69) is 22.3 Å². The predicted octanol–water partition coefficient (Wildman–Crippen LogP) is 0.911. The van der Waals surface area contributed by atoms with Gasteiger partial charge in [-0.15, -0.1) is 0 Å². The Kier molecular flexibility index (Phi) is 3.63. The molecule has 3 fully saturated rings. The summed E-state index contributed by atoms with van der Waals surface area (Å²) in [6, 6.07) is 4.22. The summed E-state index contributed by atoms with van der Waals surface area (Å²) in [5.41, 5.74) is 7.84. The van der Waals surface area contributed by atoms with Gasteiger partial charge in [0.2, 0.25) is 5.91 Å². The Balaban J connectivity index is 1.11. The van der Waals surface area contributed by atoms with Crippen LogP contribution in [0.25, 0.3) is 5.65 Å². The van der Waals surface area contributed by atoms with Crippen molar-refractivity contribution in [3.05, 3.63) is 30.2 Å². The van der Waals surface area contributed by atoms with Crippen LogP contribution in [0.1, 0.15) is 24.8 Å². The van der Waals surface area contributed by atoms with Crippen molar-refractivity contribution in [3.63, 3.8) is 0 Å². The van der Waals surface area contributed by atoms with E-state index in [4.69, 9.17) is 5.73 Å². The van der Waals surface area contributed by atoms with Gasteiger partial charge in [-0.05, 0) is 43.2 Å². The molecule has 2 aromatic rings. The number of fused-ring (bicyclic) bond motifs is 1. The van der Waals surface area contributed by atoms with Gasteiger partial charge in [0.1, 0.15) is 6.33 Å². The van der Waals surface area contributed by atoms with Crippen LogP contribution < -0.4 is 5.73 Å². The Morgan fingerprint density at radius 2 is 2.04 bits per heavy atom. The fraction of sp³-hybridized carbons (Fsp3) is 0.579. The van der Waals surface area contributed by atoms with Crippen molar-refractivity contribution in [1.29, 1.82) is 0 Å². The van der Waals surface area contributed by atoms with Gasteiger partial charge in [-0.25, -0.2) is 14.3 Å². The highest BCUT2D eigenvalue weighted by molar-refractivity contribution is 5.80. The normalized spacial score (nSPS) is 24.2. The lowest BCUT2D eigenvalue weighted by molar-refractivity contribution is -0.121. The molecule has 2 aliphatic heterocycles. The number of rotatable bonds is 3. The Hall–Kier alpha value is -2.64. The van der Waals surface area contributed by atoms with Crippen molar-refractivity contribution in [2.24, 2.45) is 23.0 Å². The van der Waals surface area contributed by atoms with Gasteiger partial charge in [-0.3, -0.25) is 4.79 Å². The Morgan fingerprint density at radius 3 is 2.78 bits per heavy atom. The van der Waals surface area contributed by atoms with Crippen molar-refractivity contribution in [3.8, 4) is 0 Å². The summed E-state index contributed by atoms with van der Waals surface area (Å²) in [4.78, 5) is 31.8. The number of primary amides is 1. The molecule has 0 bridgehead atoms. The fourth-order valence-corrected chi connectivity index (χ4v) is 5.15. The molecule has 2 saturated heterocycles. The molecule has 8 heteroatoms. The van der Waals surface area contributed by atoms with Crippen LogP contribution in [-0.2, 0) is 11.2 Å². The molecule has 8 nitrogen and oxygen atoms in total. The molecule has 142 valence electrons. The number of nitrogens with two attached hydrogens (primary N) is 1. The van der Waals surface area contributed by atoms with Crippen LogP contribution in [0.5, 0.6) is 0 Å². The highest BCUT2D eigenvalue weighted by Crippen LogP contribution is 2.53. The summed E-state index contributed by atoms with van der Waals surface area (Å²) < 4.78 is 1.82. The third-order valence-corrected chi connectivity index (χ3v) is 6.49. The number of nitrogens with zero attached hydrogens (tertiary/aromatic N) is 5. The van der Waals surface area contributed by atoms with Gasteiger partial charge in [0.15, 0.2) is 5.65 Å². The average molecular weight is 368 g/mol. The summed E-state index contributed by atoms with van der Waals surface area (Å²) >= 11 is 0. The van der Waals surface area contributed by atoms with Crippen molar-refractivity contribution in [2.45, 2.75) is 25.7 Å². The van der Waals surface area contributed by atoms with Crippen LogP contribution in [0.4, 0.5) is 4.79 Å². The van der Waals surface area contributed by atoms with E-state index in [-0.39, 0.29) is 17.9 Å². The first-order chi connectivity index (χ1) is 13.0. The van der Waals surface area contributed by atoms with E-state index in [1.807, 2.05) is 15.5 Å². The van der Waals surface area contributed by atoms with Crippen LogP contribution in [-0.4, -0.2) is 62.5 Å². The minimum atomic E-state index is -0.295. The van der Waals surface area contributed by atoms with Crippen LogP contribution in [0.15, 0.2) is 24.7 Å². The second-order valence-electron chi connectivity index (χ2n) is 8.55. The number of urea groups is 1. The van der Waals surface area contributed by atoms with Crippen LogP contribution >= 0.6 is 0 Å². The highest BCUT2D eigenvalue weighted by Gasteiger charge is 2.54. The number of hydrogen-bond donors (Lipinski definition) is 1. The molecule has 4 heterocycles. The molecule has 1 aliphatic carbocycles. The van der Waals surface area contributed by atoms with Gasteiger partial charge in [-0.1, -0.05) is 6.07 Å². The second kappa shape index (κ2) is 5.94. The predicted molar refractivity (Wildman–Crippen MR) is 97.7 cm³/mol. The maximum absolute atomic E-state index is 12.6. The lowest BCUT2D eigenvalue weighted by Gasteiger charge is -2.59. The average Bonchev–Trinajstić information content (AvgIpc) is 3.23.